The first-order chi connectivity index (χ1) is 10.5. The third-order valence-electron chi connectivity index (χ3n) is 5.14. The molecule has 0 aliphatic heterocycles. The summed E-state index contributed by atoms with van der Waals surface area (Å²) in [4.78, 5) is 15.3. The van der Waals surface area contributed by atoms with E-state index in [1.807, 2.05) is 20.8 Å². The lowest BCUT2D eigenvalue weighted by molar-refractivity contribution is -0.0543. The van der Waals surface area contributed by atoms with Crippen molar-refractivity contribution in [3.8, 4) is 5.75 Å². The Bertz CT molecular complexity index is 513. The first-order valence-electron chi connectivity index (χ1n) is 8.24. The topological polar surface area (TPSA) is 59.4 Å². The maximum Gasteiger partial charge on any atom is 0.154 e. The molecule has 1 aromatic rings. The van der Waals surface area contributed by atoms with Crippen molar-refractivity contribution in [1.29, 1.82) is 0 Å². The number of pyridine rings is 1. The third-order valence-corrected chi connectivity index (χ3v) is 5.14. The maximum atomic E-state index is 11.2. The van der Waals surface area contributed by atoms with Crippen LogP contribution in [-0.4, -0.2) is 28.6 Å². The van der Waals surface area contributed by atoms with Gasteiger partial charge in [0.1, 0.15) is 5.75 Å². The number of ether oxygens (including phenoxy) is 1. The monoisotopic (exact) mass is 305 g/mol. The Morgan fingerprint density at radius 1 is 1.41 bits per heavy atom. The summed E-state index contributed by atoms with van der Waals surface area (Å²) >= 11 is 0. The van der Waals surface area contributed by atoms with E-state index in [-0.39, 0.29) is 5.92 Å². The first-order valence-corrected chi connectivity index (χ1v) is 8.24. The molecule has 2 rings (SSSR count). The van der Waals surface area contributed by atoms with Gasteiger partial charge in [0.25, 0.3) is 0 Å². The normalized spacial score (nSPS) is 24.5. The predicted molar refractivity (Wildman–Crippen MR) is 86.2 cm³/mol. The number of carbonyl (C=O) groups excluding carboxylic acids is 1. The first kappa shape index (κ1) is 16.9. The third kappa shape index (κ3) is 3.67. The Morgan fingerprint density at radius 3 is 2.82 bits per heavy atom. The van der Waals surface area contributed by atoms with Gasteiger partial charge < -0.3 is 9.84 Å². The van der Waals surface area contributed by atoms with Crippen molar-refractivity contribution in [2.45, 2.75) is 58.5 Å². The molecular formula is C18H27NO3. The van der Waals surface area contributed by atoms with E-state index in [0.717, 1.165) is 31.1 Å². The van der Waals surface area contributed by atoms with Crippen LogP contribution in [0.4, 0.5) is 0 Å². The number of carbonyl (C=O) groups is 1. The van der Waals surface area contributed by atoms with Gasteiger partial charge in [-0.25, -0.2) is 0 Å². The van der Waals surface area contributed by atoms with Crippen molar-refractivity contribution in [3.63, 3.8) is 0 Å². The van der Waals surface area contributed by atoms with Gasteiger partial charge in [-0.3, -0.25) is 9.78 Å². The Balaban J connectivity index is 2.09. The lowest BCUT2D eigenvalue weighted by Gasteiger charge is -2.40. The van der Waals surface area contributed by atoms with Crippen LogP contribution in [0.2, 0.25) is 0 Å². The molecule has 3 atom stereocenters. The molecule has 0 saturated heterocycles. The zero-order valence-electron chi connectivity index (χ0n) is 13.8. The zero-order chi connectivity index (χ0) is 16.2. The second kappa shape index (κ2) is 7.23. The highest BCUT2D eigenvalue weighted by Crippen LogP contribution is 2.39. The van der Waals surface area contributed by atoms with Gasteiger partial charge in [0, 0.05) is 6.20 Å². The second-order valence-electron chi connectivity index (χ2n) is 6.66. The highest BCUT2D eigenvalue weighted by Gasteiger charge is 2.38. The molecule has 0 amide bonds. The highest BCUT2D eigenvalue weighted by atomic mass is 16.5. The van der Waals surface area contributed by atoms with Crippen LogP contribution in [0, 0.1) is 18.8 Å². The van der Waals surface area contributed by atoms with Gasteiger partial charge in [-0.15, -0.1) is 0 Å². The van der Waals surface area contributed by atoms with Crippen LogP contribution in [0.25, 0.3) is 0 Å². The number of nitrogens with zero attached hydrogens (tertiary/aromatic N) is 1. The number of aryl methyl sites for hydroxylation is 1. The molecule has 22 heavy (non-hydrogen) atoms. The SMILES string of the molecule is CCC(C)(O)C1CCCCC1COc1cncc(C)c1C=O. The van der Waals surface area contributed by atoms with E-state index in [1.165, 1.54) is 12.8 Å². The summed E-state index contributed by atoms with van der Waals surface area (Å²) in [5.74, 6) is 1.13. The Labute approximate surface area is 132 Å². The largest absolute Gasteiger partial charge is 0.491 e. The van der Waals surface area contributed by atoms with Crippen molar-refractivity contribution in [3.05, 3.63) is 23.5 Å². The van der Waals surface area contributed by atoms with Crippen molar-refractivity contribution >= 4 is 6.29 Å². The zero-order valence-corrected chi connectivity index (χ0v) is 13.8. The number of aromatic nitrogens is 1. The molecule has 122 valence electrons. The number of aliphatic hydroxyl groups is 1. The van der Waals surface area contributed by atoms with Gasteiger partial charge in [0.2, 0.25) is 0 Å². The number of rotatable bonds is 6. The molecule has 4 heteroatoms. The second-order valence-corrected chi connectivity index (χ2v) is 6.66. The highest BCUT2D eigenvalue weighted by molar-refractivity contribution is 5.81. The van der Waals surface area contributed by atoms with E-state index in [2.05, 4.69) is 4.98 Å². The van der Waals surface area contributed by atoms with Gasteiger partial charge in [-0.1, -0.05) is 19.8 Å². The minimum absolute atomic E-state index is 0.253. The average Bonchev–Trinajstić information content (AvgIpc) is 2.53. The summed E-state index contributed by atoms with van der Waals surface area (Å²) in [6, 6.07) is 0. The minimum Gasteiger partial charge on any atom is -0.491 e. The Hall–Kier alpha value is -1.42. The van der Waals surface area contributed by atoms with E-state index in [4.69, 9.17) is 4.74 Å². The van der Waals surface area contributed by atoms with Crippen LogP contribution < -0.4 is 4.74 Å². The quantitative estimate of drug-likeness (QED) is 0.817. The fourth-order valence-electron chi connectivity index (χ4n) is 3.50. The standard InChI is InChI=1S/C18H27NO3/c1-4-18(3,21)16-8-6-5-7-14(16)12-22-17-10-19-9-13(2)15(17)11-20/h9-11,14,16,21H,4-8,12H2,1-3H3. The lowest BCUT2D eigenvalue weighted by atomic mass is 9.70. The average molecular weight is 305 g/mol. The van der Waals surface area contributed by atoms with Gasteiger partial charge in [0.05, 0.1) is 24.0 Å². The smallest absolute Gasteiger partial charge is 0.154 e. The van der Waals surface area contributed by atoms with Gasteiger partial charge in [-0.2, -0.15) is 0 Å². The van der Waals surface area contributed by atoms with Gasteiger partial charge >= 0.3 is 0 Å². The fraction of sp³-hybridized carbons (Fsp3) is 0.667. The van der Waals surface area contributed by atoms with E-state index in [1.54, 1.807) is 12.4 Å². The molecule has 1 aromatic heterocycles. The maximum absolute atomic E-state index is 11.2. The van der Waals surface area contributed by atoms with Crippen LogP contribution >= 0.6 is 0 Å². The molecule has 1 saturated carbocycles. The molecule has 1 heterocycles. The van der Waals surface area contributed by atoms with Gasteiger partial charge in [0.15, 0.2) is 6.29 Å². The van der Waals surface area contributed by atoms with Crippen LogP contribution in [0.5, 0.6) is 5.75 Å². The van der Waals surface area contributed by atoms with E-state index < -0.39 is 5.60 Å². The van der Waals surface area contributed by atoms with Crippen molar-refractivity contribution in [2.24, 2.45) is 11.8 Å². The molecule has 0 bridgehead atoms. The molecule has 0 aromatic carbocycles. The molecule has 1 N–H and O–H groups in total. The van der Waals surface area contributed by atoms with Crippen LogP contribution in [0.1, 0.15) is 61.9 Å². The van der Waals surface area contributed by atoms with Crippen molar-refractivity contribution in [2.75, 3.05) is 6.61 Å². The summed E-state index contributed by atoms with van der Waals surface area (Å²) < 4.78 is 5.91. The summed E-state index contributed by atoms with van der Waals surface area (Å²) in [6.07, 6.45) is 9.30. The van der Waals surface area contributed by atoms with E-state index in [9.17, 15) is 9.90 Å². The van der Waals surface area contributed by atoms with Crippen LogP contribution in [0.3, 0.4) is 0 Å². The molecule has 1 aliphatic rings. The van der Waals surface area contributed by atoms with Crippen molar-refractivity contribution in [1.82, 2.24) is 4.98 Å². The summed E-state index contributed by atoms with van der Waals surface area (Å²) in [7, 11) is 0. The molecule has 0 spiro atoms. The number of hydrogen-bond acceptors (Lipinski definition) is 4. The Kier molecular flexibility index (Phi) is 5.57. The Morgan fingerprint density at radius 2 is 2.14 bits per heavy atom. The number of hydrogen-bond donors (Lipinski definition) is 1. The van der Waals surface area contributed by atoms with E-state index in [0.29, 0.717) is 23.8 Å². The predicted octanol–water partition coefficient (Wildman–Crippen LogP) is 3.55. The summed E-state index contributed by atoms with van der Waals surface area (Å²) in [6.45, 7) is 6.35. The molecule has 1 fully saturated rings. The summed E-state index contributed by atoms with van der Waals surface area (Å²) in [5.41, 5.74) is 0.755. The van der Waals surface area contributed by atoms with Crippen LogP contribution in [0.15, 0.2) is 12.4 Å². The van der Waals surface area contributed by atoms with Crippen LogP contribution in [-0.2, 0) is 0 Å². The molecule has 4 nitrogen and oxygen atoms in total. The molecule has 3 unspecified atom stereocenters. The molecular weight excluding hydrogens is 278 g/mol. The minimum atomic E-state index is -0.646. The summed E-state index contributed by atoms with van der Waals surface area (Å²) in [5, 5.41) is 10.6. The van der Waals surface area contributed by atoms with Crippen molar-refractivity contribution < 1.29 is 14.6 Å². The lowest BCUT2D eigenvalue weighted by Crippen LogP contribution is -2.42. The van der Waals surface area contributed by atoms with Gasteiger partial charge in [-0.05, 0) is 50.5 Å². The number of aldehydes is 1. The molecule has 0 radical (unpaired) electrons. The fourth-order valence-corrected chi connectivity index (χ4v) is 3.50. The van der Waals surface area contributed by atoms with E-state index >= 15 is 0 Å². The molecule has 1 aliphatic carbocycles.